The molecular weight excluding hydrogens is 979 g/mol. The number of hydrogen-bond acceptors (Lipinski definition) is 11. The number of alkyl halides is 6. The van der Waals surface area contributed by atoms with Gasteiger partial charge in [0.2, 0.25) is 0 Å². The first-order valence-electron chi connectivity index (χ1n) is 23.4. The Hall–Kier alpha value is -9.18. The molecular formula is C53H42F6N14O2. The van der Waals surface area contributed by atoms with Crippen LogP contribution < -0.4 is 15.1 Å². The molecule has 0 radical (unpaired) electrons. The van der Waals surface area contributed by atoms with E-state index in [1.807, 2.05) is 13.8 Å². The number of nitriles is 1. The Bertz CT molecular complexity index is 3710. The van der Waals surface area contributed by atoms with Crippen LogP contribution >= 0.6 is 0 Å². The molecule has 0 fully saturated rings. The molecule has 3 aromatic carbocycles. The van der Waals surface area contributed by atoms with Gasteiger partial charge in [0, 0.05) is 55.4 Å². The molecule has 16 nitrogen and oxygen atoms in total. The lowest BCUT2D eigenvalue weighted by Gasteiger charge is -2.21. The van der Waals surface area contributed by atoms with Crippen LogP contribution in [0.5, 0.6) is 0 Å². The average Bonchev–Trinajstić information content (AvgIpc) is 4.24. The number of benzene rings is 3. The molecule has 1 N–H and O–H groups in total. The summed E-state index contributed by atoms with van der Waals surface area (Å²) in [6.45, 7) is 3.07. The molecule has 0 bridgehead atoms. The van der Waals surface area contributed by atoms with E-state index in [9.17, 15) is 41.2 Å². The minimum atomic E-state index is -4.70. The van der Waals surface area contributed by atoms with Crippen LogP contribution in [0.4, 0.5) is 43.8 Å². The number of rotatable bonds is 11. The van der Waals surface area contributed by atoms with Crippen LogP contribution in [0.3, 0.4) is 0 Å². The molecule has 75 heavy (non-hydrogen) atoms. The lowest BCUT2D eigenvalue weighted by atomic mass is 9.97. The van der Waals surface area contributed by atoms with Crippen molar-refractivity contribution in [3.8, 4) is 63.1 Å². The van der Waals surface area contributed by atoms with Gasteiger partial charge in [-0.25, -0.2) is 9.97 Å². The molecule has 2 amide bonds. The van der Waals surface area contributed by atoms with Crippen LogP contribution in [-0.2, 0) is 46.6 Å². The molecule has 8 aromatic rings. The number of fused-ring (bicyclic) bond motifs is 2. The topological polar surface area (TPSA) is 181 Å². The highest BCUT2D eigenvalue weighted by Gasteiger charge is 2.42. The minimum absolute atomic E-state index is 0.0750. The van der Waals surface area contributed by atoms with Crippen LogP contribution in [0.1, 0.15) is 80.9 Å². The third kappa shape index (κ3) is 9.42. The SMILES string of the molecule is CC(C#Cc1cc(-c2c(-c3nncn3C)cnn2C)cc(N2Cc3c(cccc3C(F)(F)F)C2=O)n1)CCC(C)Nc1cc(-c2cc(C#N)ccc2-c2nncn2C)cc(N2Cc3c(cccc3C(F)(F)F)C2=O)n1. The van der Waals surface area contributed by atoms with Crippen molar-refractivity contribution in [1.82, 2.24) is 49.3 Å². The quantitative estimate of drug-likeness (QED) is 0.0962. The van der Waals surface area contributed by atoms with E-state index >= 15 is 0 Å². The van der Waals surface area contributed by atoms with E-state index in [1.165, 1.54) is 46.7 Å². The summed E-state index contributed by atoms with van der Waals surface area (Å²) in [4.78, 5) is 39.7. The van der Waals surface area contributed by atoms with Gasteiger partial charge in [-0.3, -0.25) is 24.1 Å². The van der Waals surface area contributed by atoms with Crippen molar-refractivity contribution in [2.75, 3.05) is 15.1 Å². The number of nitrogens with zero attached hydrogens (tertiary/aromatic N) is 13. The number of pyridine rings is 2. The fourth-order valence-electron chi connectivity index (χ4n) is 9.44. The molecule has 378 valence electrons. The Kier molecular flexibility index (Phi) is 12.5. The van der Waals surface area contributed by atoms with E-state index in [4.69, 9.17) is 9.97 Å². The van der Waals surface area contributed by atoms with Crippen LogP contribution in [-0.4, -0.2) is 67.1 Å². The van der Waals surface area contributed by atoms with Crippen molar-refractivity contribution >= 4 is 29.3 Å². The van der Waals surface area contributed by atoms with E-state index in [0.29, 0.717) is 69.4 Å². The molecule has 7 heterocycles. The van der Waals surface area contributed by atoms with Crippen molar-refractivity contribution in [3.05, 3.63) is 142 Å². The monoisotopic (exact) mass is 1020 g/mol. The Morgan fingerprint density at radius 2 is 1.27 bits per heavy atom. The smallest absolute Gasteiger partial charge is 0.368 e. The summed E-state index contributed by atoms with van der Waals surface area (Å²) in [6, 6.07) is 20.6. The maximum atomic E-state index is 14.2. The molecule has 22 heteroatoms. The van der Waals surface area contributed by atoms with Crippen LogP contribution in [0.25, 0.3) is 45.2 Å². The summed E-state index contributed by atoms with van der Waals surface area (Å²) in [7, 11) is 5.25. The van der Waals surface area contributed by atoms with E-state index in [-0.39, 0.29) is 64.6 Å². The zero-order valence-corrected chi connectivity index (χ0v) is 40.6. The molecule has 10 rings (SSSR count). The Morgan fingerprint density at radius 1 is 0.680 bits per heavy atom. The van der Waals surface area contributed by atoms with Crippen LogP contribution in [0, 0.1) is 29.1 Å². The van der Waals surface area contributed by atoms with Crippen molar-refractivity contribution in [3.63, 3.8) is 0 Å². The number of nitrogens with one attached hydrogen (secondary N) is 1. The van der Waals surface area contributed by atoms with Gasteiger partial charge in [0.25, 0.3) is 11.8 Å². The lowest BCUT2D eigenvalue weighted by molar-refractivity contribution is -0.139. The van der Waals surface area contributed by atoms with Crippen molar-refractivity contribution < 1.29 is 35.9 Å². The summed E-state index contributed by atoms with van der Waals surface area (Å²) in [5.74, 6) is 6.26. The van der Waals surface area contributed by atoms with Crippen molar-refractivity contribution in [2.45, 2.75) is 58.2 Å². The Morgan fingerprint density at radius 3 is 1.84 bits per heavy atom. The highest BCUT2D eigenvalue weighted by molar-refractivity contribution is 6.11. The standard InChI is InChI=1S/C53H42F6N14O2/c1-29(13-16-34-19-33(47-39(24-63-71(47)5)49-68-62-28-70(49)4)22-45(65-34)72-25-40-36(50(72)74)8-6-10-42(40)52(54,55)56)12-14-30(2)64-44-20-32(38-18-31(23-60)15-17-35(38)48-67-61-27-69(48)3)21-46(66-44)73-26-41-37(51(73)75)9-7-11-43(41)53(57,58)59/h6-11,15,17-22,24,27-30H,12,14,25-26H2,1-5H3,(H,64,66). The highest BCUT2D eigenvalue weighted by Crippen LogP contribution is 2.42. The maximum Gasteiger partial charge on any atom is 0.416 e. The fraction of sp³-hybridized carbons (Fsp3) is 0.245. The van der Waals surface area contributed by atoms with E-state index in [2.05, 4.69) is 48.7 Å². The van der Waals surface area contributed by atoms with Gasteiger partial charge in [-0.1, -0.05) is 25.0 Å². The Labute approximate surface area is 424 Å². The average molecular weight is 1020 g/mol. The molecule has 0 saturated carbocycles. The number of amides is 2. The van der Waals surface area contributed by atoms with E-state index in [1.54, 1.807) is 83.6 Å². The van der Waals surface area contributed by atoms with Gasteiger partial charge < -0.3 is 14.5 Å². The highest BCUT2D eigenvalue weighted by atomic mass is 19.4. The second-order valence-corrected chi connectivity index (χ2v) is 18.4. The molecule has 0 aliphatic carbocycles. The third-order valence-electron chi connectivity index (χ3n) is 13.2. The maximum absolute atomic E-state index is 14.2. The predicted octanol–water partition coefficient (Wildman–Crippen LogP) is 9.63. The number of aromatic nitrogens is 10. The van der Waals surface area contributed by atoms with Gasteiger partial charge >= 0.3 is 12.4 Å². The fourth-order valence-corrected chi connectivity index (χ4v) is 9.44. The second kappa shape index (κ2) is 19.0. The summed E-state index contributed by atoms with van der Waals surface area (Å²) in [6.07, 6.45) is -3.68. The van der Waals surface area contributed by atoms with Crippen molar-refractivity contribution in [2.24, 2.45) is 27.1 Å². The van der Waals surface area contributed by atoms with E-state index in [0.717, 1.165) is 12.1 Å². The number of hydrogen-bond donors (Lipinski definition) is 1. The molecule has 5 aromatic heterocycles. The molecule has 2 atom stereocenters. The number of halogens is 6. The lowest BCUT2D eigenvalue weighted by Crippen LogP contribution is -2.25. The van der Waals surface area contributed by atoms with Gasteiger partial charge in [0.1, 0.15) is 35.8 Å². The van der Waals surface area contributed by atoms with Gasteiger partial charge in [0.05, 0.1) is 53.3 Å². The third-order valence-corrected chi connectivity index (χ3v) is 13.2. The zero-order chi connectivity index (χ0) is 53.1. The second-order valence-electron chi connectivity index (χ2n) is 18.4. The molecule has 2 unspecified atom stereocenters. The van der Waals surface area contributed by atoms with Gasteiger partial charge in [0.15, 0.2) is 11.6 Å². The largest absolute Gasteiger partial charge is 0.416 e. The molecule has 0 saturated heterocycles. The normalized spacial score (nSPS) is 14.1. The van der Waals surface area contributed by atoms with Crippen LogP contribution in [0.15, 0.2) is 97.7 Å². The molecule has 0 spiro atoms. The van der Waals surface area contributed by atoms with Gasteiger partial charge in [-0.05, 0) is 115 Å². The predicted molar refractivity (Wildman–Crippen MR) is 263 cm³/mol. The first-order chi connectivity index (χ1) is 35.8. The van der Waals surface area contributed by atoms with Crippen LogP contribution in [0.2, 0.25) is 0 Å². The summed E-state index contributed by atoms with van der Waals surface area (Å²) in [5.41, 5.74) is 1.57. The summed E-state index contributed by atoms with van der Waals surface area (Å²) >= 11 is 0. The first kappa shape index (κ1) is 49.4. The summed E-state index contributed by atoms with van der Waals surface area (Å²) < 4.78 is 90.1. The summed E-state index contributed by atoms with van der Waals surface area (Å²) in [5, 5.41) is 34.4. The van der Waals surface area contributed by atoms with Gasteiger partial charge in [-0.2, -0.15) is 36.7 Å². The zero-order valence-electron chi connectivity index (χ0n) is 40.6. The van der Waals surface area contributed by atoms with E-state index < -0.39 is 35.3 Å². The van der Waals surface area contributed by atoms with Crippen molar-refractivity contribution in [1.29, 1.82) is 5.26 Å². The number of carbonyl (C=O) groups is 2. The minimum Gasteiger partial charge on any atom is -0.368 e. The number of anilines is 3. The number of carbonyl (C=O) groups excluding carboxylic acids is 2. The Balaban J connectivity index is 0.952. The number of aryl methyl sites for hydroxylation is 3. The first-order valence-corrected chi connectivity index (χ1v) is 23.4. The molecule has 2 aliphatic heterocycles. The van der Waals surface area contributed by atoms with Gasteiger partial charge in [-0.15, -0.1) is 20.4 Å². The molecule has 2 aliphatic rings.